The van der Waals surface area contributed by atoms with Crippen LogP contribution in [0.3, 0.4) is 0 Å². The van der Waals surface area contributed by atoms with Gasteiger partial charge in [-0.15, -0.1) is 23.2 Å². The zero-order valence-corrected chi connectivity index (χ0v) is 16.6. The minimum Gasteiger partial charge on any atom is -0.392 e. The van der Waals surface area contributed by atoms with Crippen LogP contribution in [0.4, 0.5) is 11.4 Å². The van der Waals surface area contributed by atoms with E-state index in [-0.39, 0.29) is 11.9 Å². The van der Waals surface area contributed by atoms with Crippen LogP contribution in [-0.4, -0.2) is 44.9 Å². The van der Waals surface area contributed by atoms with Gasteiger partial charge in [0, 0.05) is 45.1 Å². The smallest absolute Gasteiger partial charge is 0.150 e. The lowest BCUT2D eigenvalue weighted by Gasteiger charge is -2.12. The van der Waals surface area contributed by atoms with Crippen LogP contribution in [0.5, 0.6) is 0 Å². The van der Waals surface area contributed by atoms with Gasteiger partial charge in [0.15, 0.2) is 0 Å². The summed E-state index contributed by atoms with van der Waals surface area (Å²) in [6.07, 6.45) is 0.854. The topological polar surface area (TPSA) is 43.8 Å². The van der Waals surface area contributed by atoms with Crippen molar-refractivity contribution in [1.82, 2.24) is 0 Å². The maximum absolute atomic E-state index is 10.4. The largest absolute Gasteiger partial charge is 0.392 e. The highest BCUT2D eigenvalue weighted by molar-refractivity contribution is 6.40. The van der Waals surface area contributed by atoms with Crippen LogP contribution >= 0.6 is 23.2 Å². The third-order valence-corrected chi connectivity index (χ3v) is 3.13. The minimum absolute atomic E-state index is 0.113. The molecule has 0 spiro atoms. The fraction of sp³-hybridized carbons (Fsp3) is 0.316. The minimum atomic E-state index is 0.113. The number of aliphatic hydroxyl groups is 1. The zero-order valence-electron chi connectivity index (χ0n) is 15.1. The number of alkyl halides is 2. The summed E-state index contributed by atoms with van der Waals surface area (Å²) in [5, 5.41) is 9.02. The fourth-order valence-electron chi connectivity index (χ4n) is 1.81. The molecule has 0 amide bonds. The predicted molar refractivity (Wildman–Crippen MR) is 109 cm³/mol. The number of hydrogen-bond donors (Lipinski definition) is 1. The van der Waals surface area contributed by atoms with Crippen LogP contribution in [0.2, 0.25) is 0 Å². The van der Waals surface area contributed by atoms with Crippen LogP contribution in [0.15, 0.2) is 48.5 Å². The van der Waals surface area contributed by atoms with Gasteiger partial charge in [0.25, 0.3) is 0 Å². The lowest BCUT2D eigenvalue weighted by Crippen LogP contribution is -2.08. The summed E-state index contributed by atoms with van der Waals surface area (Å²) < 4.78 is 0. The summed E-state index contributed by atoms with van der Waals surface area (Å²) in [5.41, 5.74) is 3.85. The Kier molecular flexibility index (Phi) is 12.6. The van der Waals surface area contributed by atoms with Gasteiger partial charge in [0.1, 0.15) is 6.29 Å². The Labute approximate surface area is 160 Å². The quantitative estimate of drug-likeness (QED) is 0.632. The summed E-state index contributed by atoms with van der Waals surface area (Å²) in [4.78, 5) is 14.3. The Bertz CT molecular complexity index is 620. The molecule has 0 aromatic heterocycles. The fourth-order valence-corrected chi connectivity index (χ4v) is 1.81. The second kappa shape index (κ2) is 13.5. The molecule has 0 aliphatic heterocycles. The molecule has 6 heteroatoms. The van der Waals surface area contributed by atoms with Crippen molar-refractivity contribution in [3.8, 4) is 0 Å². The first kappa shape index (κ1) is 23.2. The highest BCUT2D eigenvalue weighted by Crippen LogP contribution is 2.13. The van der Waals surface area contributed by atoms with Crippen LogP contribution in [-0.2, 0) is 6.61 Å². The number of nitrogens with zero attached hydrogens (tertiary/aromatic N) is 2. The van der Waals surface area contributed by atoms with E-state index in [1.54, 1.807) is 6.07 Å². The zero-order chi connectivity index (χ0) is 19.2. The second-order valence-electron chi connectivity index (χ2n) is 5.43. The Morgan fingerprint density at radius 1 is 0.920 bits per heavy atom. The van der Waals surface area contributed by atoms with E-state index in [2.05, 4.69) is 0 Å². The van der Waals surface area contributed by atoms with Crippen molar-refractivity contribution in [1.29, 1.82) is 0 Å². The van der Waals surface area contributed by atoms with Crippen LogP contribution < -0.4 is 9.80 Å². The SMILES string of the molecule is CN(C)c1cccc(C=O)c1.CN(C)c1cccc(CO)c1.ClCCl. The van der Waals surface area contributed by atoms with Gasteiger partial charge >= 0.3 is 0 Å². The number of rotatable bonds is 4. The van der Waals surface area contributed by atoms with Gasteiger partial charge in [-0.05, 0) is 29.8 Å². The van der Waals surface area contributed by atoms with E-state index < -0.39 is 0 Å². The molecule has 25 heavy (non-hydrogen) atoms. The number of carbonyl (C=O) groups excluding carboxylic acids is 1. The van der Waals surface area contributed by atoms with Crippen molar-refractivity contribution >= 4 is 40.9 Å². The first-order valence-electron chi connectivity index (χ1n) is 7.61. The molecule has 0 saturated carbocycles. The molecule has 0 saturated heterocycles. The van der Waals surface area contributed by atoms with E-state index >= 15 is 0 Å². The summed E-state index contributed by atoms with van der Waals surface area (Å²) >= 11 is 9.53. The molecule has 0 aliphatic rings. The van der Waals surface area contributed by atoms with E-state index in [0.717, 1.165) is 28.8 Å². The van der Waals surface area contributed by atoms with E-state index in [1.165, 1.54) is 0 Å². The summed E-state index contributed by atoms with van der Waals surface area (Å²) in [6, 6.07) is 15.3. The first-order chi connectivity index (χ1) is 11.9. The molecule has 2 rings (SSSR count). The maximum atomic E-state index is 10.4. The molecule has 0 unspecified atom stereocenters. The van der Waals surface area contributed by atoms with Crippen LogP contribution in [0.1, 0.15) is 15.9 Å². The van der Waals surface area contributed by atoms with Gasteiger partial charge in [0.2, 0.25) is 0 Å². The number of benzene rings is 2. The van der Waals surface area contributed by atoms with Crippen molar-refractivity contribution in [2.24, 2.45) is 0 Å². The number of aliphatic hydroxyl groups excluding tert-OH is 1. The number of carbonyl (C=O) groups is 1. The standard InChI is InChI=1S/C9H13NO.C9H11NO.CH2Cl2/c2*1-10(2)9-5-3-4-8(6-9)7-11;2-1-3/h3-6,11H,7H2,1-2H3;3-7H,1-2H3;1H2. The molecule has 0 radical (unpaired) electrons. The molecule has 2 aromatic carbocycles. The second-order valence-corrected chi connectivity index (χ2v) is 6.24. The predicted octanol–water partition coefficient (Wildman–Crippen LogP) is 4.23. The third kappa shape index (κ3) is 9.97. The Morgan fingerprint density at radius 2 is 1.40 bits per heavy atom. The molecule has 0 heterocycles. The average molecular weight is 385 g/mol. The molecule has 0 fully saturated rings. The molecule has 0 aliphatic carbocycles. The third-order valence-electron chi connectivity index (χ3n) is 3.13. The molecule has 2 aromatic rings. The summed E-state index contributed by atoms with van der Waals surface area (Å²) in [5.74, 6) is 0. The monoisotopic (exact) mass is 384 g/mol. The van der Waals surface area contributed by atoms with Crippen molar-refractivity contribution in [3.63, 3.8) is 0 Å². The van der Waals surface area contributed by atoms with E-state index in [4.69, 9.17) is 28.3 Å². The lowest BCUT2D eigenvalue weighted by atomic mass is 10.2. The van der Waals surface area contributed by atoms with E-state index in [0.29, 0.717) is 0 Å². The van der Waals surface area contributed by atoms with Gasteiger partial charge < -0.3 is 14.9 Å². The molecule has 138 valence electrons. The van der Waals surface area contributed by atoms with Crippen molar-refractivity contribution in [3.05, 3.63) is 59.7 Å². The number of aldehydes is 1. The van der Waals surface area contributed by atoms with Crippen LogP contribution in [0.25, 0.3) is 0 Å². The van der Waals surface area contributed by atoms with Crippen LogP contribution in [0, 0.1) is 0 Å². The number of anilines is 2. The number of hydrogen-bond acceptors (Lipinski definition) is 4. The lowest BCUT2D eigenvalue weighted by molar-refractivity contribution is 0.112. The Balaban J connectivity index is 0.000000399. The maximum Gasteiger partial charge on any atom is 0.150 e. The van der Waals surface area contributed by atoms with Crippen molar-refractivity contribution in [2.75, 3.05) is 43.3 Å². The number of halogens is 2. The van der Waals surface area contributed by atoms with Gasteiger partial charge in [-0.3, -0.25) is 4.79 Å². The summed E-state index contributed by atoms with van der Waals surface area (Å²) in [6.45, 7) is 0.113. The Morgan fingerprint density at radius 3 is 1.84 bits per heavy atom. The average Bonchev–Trinajstić information content (AvgIpc) is 2.63. The molecular weight excluding hydrogens is 359 g/mol. The highest BCUT2D eigenvalue weighted by atomic mass is 35.5. The Hall–Kier alpha value is -1.75. The molecule has 0 bridgehead atoms. The van der Waals surface area contributed by atoms with Crippen molar-refractivity contribution in [2.45, 2.75) is 6.61 Å². The van der Waals surface area contributed by atoms with Gasteiger partial charge in [-0.25, -0.2) is 0 Å². The van der Waals surface area contributed by atoms with Gasteiger partial charge in [-0.1, -0.05) is 24.3 Å². The van der Waals surface area contributed by atoms with Crippen molar-refractivity contribution < 1.29 is 9.90 Å². The van der Waals surface area contributed by atoms with E-state index in [9.17, 15) is 4.79 Å². The molecule has 0 atom stereocenters. The first-order valence-corrected chi connectivity index (χ1v) is 8.68. The van der Waals surface area contributed by atoms with E-state index in [1.807, 2.05) is 80.5 Å². The molecular formula is C19H26Cl2N2O2. The van der Waals surface area contributed by atoms with Gasteiger partial charge in [-0.2, -0.15) is 0 Å². The molecule has 1 N–H and O–H groups in total. The normalized spacial score (nSPS) is 9.08. The highest BCUT2D eigenvalue weighted by Gasteiger charge is 1.95. The van der Waals surface area contributed by atoms with Gasteiger partial charge in [0.05, 0.1) is 11.9 Å². The summed E-state index contributed by atoms with van der Waals surface area (Å²) in [7, 11) is 7.86. The molecule has 4 nitrogen and oxygen atoms in total.